The number of rotatable bonds is 10. The Labute approximate surface area is 139 Å². The molecule has 1 rings (SSSR count). The molecule has 0 aliphatic heterocycles. The fourth-order valence-electron chi connectivity index (χ4n) is 1.90. The van der Waals surface area contributed by atoms with Crippen molar-refractivity contribution in [2.24, 2.45) is 0 Å². The van der Waals surface area contributed by atoms with Crippen LogP contribution in [-0.2, 0) is 14.4 Å². The molecular weight excluding hydrogens is 320 g/mol. The smallest absolute Gasteiger partial charge is 0.341 e. The molecule has 1 aromatic rings. The lowest BCUT2D eigenvalue weighted by Crippen LogP contribution is -2.32. The summed E-state index contributed by atoms with van der Waals surface area (Å²) in [6.07, 6.45) is 0. The highest BCUT2D eigenvalue weighted by Gasteiger charge is 2.15. The first-order valence-electron chi connectivity index (χ1n) is 7.38. The summed E-state index contributed by atoms with van der Waals surface area (Å²) < 4.78 is 10.1. The predicted molar refractivity (Wildman–Crippen MR) is 83.1 cm³/mol. The Morgan fingerprint density at radius 3 is 2.50 bits per heavy atom. The topological polar surface area (TPSA) is 108 Å². The fourth-order valence-corrected chi connectivity index (χ4v) is 1.90. The number of carbonyl (C=O) groups is 2. The molecule has 0 unspecified atom stereocenters. The van der Waals surface area contributed by atoms with Crippen molar-refractivity contribution in [1.82, 2.24) is 4.90 Å². The summed E-state index contributed by atoms with van der Waals surface area (Å²) in [5.41, 5.74) is 0.160. The molecule has 0 radical (unpaired) electrons. The van der Waals surface area contributed by atoms with Gasteiger partial charge in [-0.05, 0) is 18.7 Å². The lowest BCUT2D eigenvalue weighted by Gasteiger charge is -2.19. The average molecular weight is 340 g/mol. The molecule has 0 amide bonds. The van der Waals surface area contributed by atoms with Gasteiger partial charge in [-0.2, -0.15) is 0 Å². The molecule has 132 valence electrons. The zero-order chi connectivity index (χ0) is 17.9. The van der Waals surface area contributed by atoms with E-state index in [1.807, 2.05) is 11.8 Å². The minimum atomic E-state index is -0.847. The molecule has 0 atom stereocenters. The van der Waals surface area contributed by atoms with Crippen LogP contribution in [0.25, 0.3) is 0 Å². The van der Waals surface area contributed by atoms with Crippen LogP contribution in [0.2, 0.25) is 0 Å². The molecule has 0 fully saturated rings. The highest BCUT2D eigenvalue weighted by molar-refractivity contribution is 5.93. The summed E-state index contributed by atoms with van der Waals surface area (Å²) in [5, 5.41) is 9.25. The van der Waals surface area contributed by atoms with Crippen LogP contribution in [0.4, 0.5) is 0 Å². The van der Waals surface area contributed by atoms with Gasteiger partial charge < -0.3 is 14.3 Å². The average Bonchev–Trinajstić information content (AvgIpc) is 2.52. The van der Waals surface area contributed by atoms with Crippen molar-refractivity contribution < 1.29 is 29.0 Å². The van der Waals surface area contributed by atoms with E-state index in [9.17, 15) is 19.7 Å². The van der Waals surface area contributed by atoms with Gasteiger partial charge in [0.1, 0.15) is 24.5 Å². The van der Waals surface area contributed by atoms with Gasteiger partial charge in [-0.15, -0.1) is 10.1 Å². The van der Waals surface area contributed by atoms with Crippen LogP contribution in [0.15, 0.2) is 24.3 Å². The van der Waals surface area contributed by atoms with Gasteiger partial charge in [0.15, 0.2) is 0 Å². The van der Waals surface area contributed by atoms with Crippen LogP contribution in [0, 0.1) is 10.1 Å². The second-order valence-electron chi connectivity index (χ2n) is 4.72. The van der Waals surface area contributed by atoms with Crippen LogP contribution in [0.1, 0.15) is 24.2 Å². The molecule has 0 N–H and O–H groups in total. The standard InChI is InChI=1S/C15H20N2O7/c1-3-16(9-11-23-17(20)21)8-10-22-15(19)13-6-4-5-7-14(13)24-12(2)18/h4-7H,3,8-11H2,1-2H3. The molecule has 0 spiro atoms. The summed E-state index contributed by atoms with van der Waals surface area (Å²) >= 11 is 0. The molecule has 24 heavy (non-hydrogen) atoms. The highest BCUT2D eigenvalue weighted by Crippen LogP contribution is 2.19. The molecule has 0 heterocycles. The molecular formula is C15H20N2O7. The molecule has 0 aliphatic carbocycles. The molecule has 0 saturated heterocycles. The number of likely N-dealkylation sites (N-methyl/N-ethyl adjacent to an activating group) is 1. The summed E-state index contributed by atoms with van der Waals surface area (Å²) in [6, 6.07) is 6.29. The number of benzene rings is 1. The zero-order valence-electron chi connectivity index (χ0n) is 13.6. The maximum atomic E-state index is 12.1. The molecule has 9 heteroatoms. The van der Waals surface area contributed by atoms with E-state index < -0.39 is 17.0 Å². The van der Waals surface area contributed by atoms with E-state index in [2.05, 4.69) is 4.84 Å². The van der Waals surface area contributed by atoms with Gasteiger partial charge in [0.05, 0.1) is 0 Å². The molecule has 1 aromatic carbocycles. The molecule has 9 nitrogen and oxygen atoms in total. The van der Waals surface area contributed by atoms with E-state index in [0.29, 0.717) is 19.6 Å². The van der Waals surface area contributed by atoms with E-state index in [1.54, 1.807) is 12.1 Å². The van der Waals surface area contributed by atoms with Crippen molar-refractivity contribution in [3.8, 4) is 5.75 Å². The van der Waals surface area contributed by atoms with E-state index in [4.69, 9.17) is 9.47 Å². The van der Waals surface area contributed by atoms with Gasteiger partial charge in [0.25, 0.3) is 5.09 Å². The number of nitrogens with zero attached hydrogens (tertiary/aromatic N) is 2. The molecule has 0 aliphatic rings. The van der Waals surface area contributed by atoms with Crippen molar-refractivity contribution in [2.45, 2.75) is 13.8 Å². The minimum absolute atomic E-state index is 0.0515. The fraction of sp³-hybridized carbons (Fsp3) is 0.467. The van der Waals surface area contributed by atoms with Crippen molar-refractivity contribution in [1.29, 1.82) is 0 Å². The molecule has 0 aromatic heterocycles. The summed E-state index contributed by atoms with van der Waals surface area (Å²) in [7, 11) is 0. The Balaban J connectivity index is 2.48. The Morgan fingerprint density at radius 2 is 1.88 bits per heavy atom. The first-order valence-corrected chi connectivity index (χ1v) is 7.38. The first kappa shape index (κ1) is 19.4. The van der Waals surface area contributed by atoms with Crippen LogP contribution in [-0.4, -0.2) is 54.8 Å². The monoisotopic (exact) mass is 340 g/mol. The lowest BCUT2D eigenvalue weighted by molar-refractivity contribution is -0.757. The van der Waals surface area contributed by atoms with Gasteiger partial charge in [0, 0.05) is 20.0 Å². The van der Waals surface area contributed by atoms with Crippen molar-refractivity contribution in [2.75, 3.05) is 32.8 Å². The minimum Gasteiger partial charge on any atom is -0.461 e. The maximum absolute atomic E-state index is 12.1. The molecule has 0 bridgehead atoms. The van der Waals surface area contributed by atoms with Crippen molar-refractivity contribution >= 4 is 11.9 Å². The zero-order valence-corrected chi connectivity index (χ0v) is 13.6. The number of hydrogen-bond acceptors (Lipinski definition) is 8. The third kappa shape index (κ3) is 7.05. The van der Waals surface area contributed by atoms with Gasteiger partial charge in [-0.3, -0.25) is 9.69 Å². The third-order valence-corrected chi connectivity index (χ3v) is 3.05. The van der Waals surface area contributed by atoms with Gasteiger partial charge in [-0.25, -0.2) is 4.79 Å². The van der Waals surface area contributed by atoms with Gasteiger partial charge in [0.2, 0.25) is 0 Å². The second kappa shape index (κ2) is 10.2. The quantitative estimate of drug-likeness (QED) is 0.271. The summed E-state index contributed by atoms with van der Waals surface area (Å²) in [6.45, 7) is 4.54. The Morgan fingerprint density at radius 1 is 1.21 bits per heavy atom. The normalized spacial score (nSPS) is 10.3. The van der Waals surface area contributed by atoms with Crippen LogP contribution >= 0.6 is 0 Å². The van der Waals surface area contributed by atoms with E-state index in [-0.39, 0.29) is 24.5 Å². The number of carbonyl (C=O) groups excluding carboxylic acids is 2. The Bertz CT molecular complexity index is 577. The third-order valence-electron chi connectivity index (χ3n) is 3.05. The maximum Gasteiger partial charge on any atom is 0.341 e. The number of esters is 2. The predicted octanol–water partition coefficient (Wildman–Crippen LogP) is 1.30. The van der Waals surface area contributed by atoms with Crippen LogP contribution in [0.5, 0.6) is 5.75 Å². The summed E-state index contributed by atoms with van der Waals surface area (Å²) in [5.74, 6) is -0.996. The second-order valence-corrected chi connectivity index (χ2v) is 4.72. The van der Waals surface area contributed by atoms with Crippen molar-refractivity contribution in [3.05, 3.63) is 39.9 Å². The van der Waals surface area contributed by atoms with Gasteiger partial charge >= 0.3 is 11.9 Å². The number of para-hydroxylation sites is 1. The number of hydrogen-bond donors (Lipinski definition) is 0. The highest BCUT2D eigenvalue weighted by atomic mass is 16.9. The first-order chi connectivity index (χ1) is 11.4. The van der Waals surface area contributed by atoms with E-state index >= 15 is 0 Å². The van der Waals surface area contributed by atoms with Crippen LogP contribution in [0.3, 0.4) is 0 Å². The lowest BCUT2D eigenvalue weighted by atomic mass is 10.2. The SMILES string of the molecule is CCN(CCOC(=O)c1ccccc1OC(C)=O)CCO[N+](=O)[O-]. The largest absolute Gasteiger partial charge is 0.461 e. The number of ether oxygens (including phenoxy) is 2. The van der Waals surface area contributed by atoms with Crippen LogP contribution < -0.4 is 4.74 Å². The molecule has 0 saturated carbocycles. The summed E-state index contributed by atoms with van der Waals surface area (Å²) in [4.78, 5) is 39.3. The van der Waals surface area contributed by atoms with Crippen molar-refractivity contribution in [3.63, 3.8) is 0 Å². The van der Waals surface area contributed by atoms with Gasteiger partial charge in [-0.1, -0.05) is 19.1 Å². The Hall–Kier alpha value is -2.68. The van der Waals surface area contributed by atoms with E-state index in [1.165, 1.54) is 19.1 Å². The Kier molecular flexibility index (Phi) is 8.20. The van der Waals surface area contributed by atoms with E-state index in [0.717, 1.165) is 0 Å².